The second kappa shape index (κ2) is 23.8. The van der Waals surface area contributed by atoms with E-state index in [-0.39, 0.29) is 59.2 Å². The fourth-order valence-electron chi connectivity index (χ4n) is 3.83. The number of nitrogens with zero attached hydrogens (tertiary/aromatic N) is 1. The third-order valence-corrected chi connectivity index (χ3v) is 5.99. The molecule has 6 N–H and O–H groups in total. The molecule has 0 rings (SSSR count). The summed E-state index contributed by atoms with van der Waals surface area (Å²) in [6.07, 6.45) is 2.32. The molecule has 0 radical (unpaired) electrons. The van der Waals surface area contributed by atoms with Crippen molar-refractivity contribution in [2.45, 2.75) is 129 Å². The molecular formula is C31H69N5O5. The minimum atomic E-state index is -0.382. The molecule has 0 aromatic carbocycles. The molecule has 0 fully saturated rings. The van der Waals surface area contributed by atoms with E-state index in [1.165, 1.54) is 5.06 Å². The Morgan fingerprint density at radius 3 is 1.73 bits per heavy atom. The van der Waals surface area contributed by atoms with Crippen molar-refractivity contribution in [2.75, 3.05) is 26.9 Å². The van der Waals surface area contributed by atoms with Crippen LogP contribution >= 0.6 is 0 Å². The molecule has 41 heavy (non-hydrogen) atoms. The predicted octanol–water partition coefficient (Wildman–Crippen LogP) is 5.40. The normalized spacial score (nSPS) is 13.0. The van der Waals surface area contributed by atoms with Crippen LogP contribution < -0.4 is 22.3 Å². The van der Waals surface area contributed by atoms with Crippen molar-refractivity contribution in [3.05, 3.63) is 0 Å². The standard InChI is InChI=1S/C17H36N4O4.C10H21NO.2C2H6/c1-8-13(16(2,3)4)15(23)20-17(5,6)9-10-25-21(7)12-19-14(22)11-24-18;1-7(2)8(9(11)12)6-10(3,4)5;2*1-2/h13H,8-12,18H2,1-7H3,(H,19,22)(H,20,23);7-8H,6H2,1-5H3,(H2,11,12);2*1-2H3. The summed E-state index contributed by atoms with van der Waals surface area (Å²) in [6, 6.07) is 0. The molecule has 0 aromatic rings. The lowest BCUT2D eigenvalue weighted by Gasteiger charge is -2.34. The van der Waals surface area contributed by atoms with Crippen LogP contribution in [-0.4, -0.2) is 55.3 Å². The van der Waals surface area contributed by atoms with Crippen LogP contribution in [-0.2, 0) is 24.1 Å². The first-order valence-electron chi connectivity index (χ1n) is 15.2. The van der Waals surface area contributed by atoms with E-state index in [0.717, 1.165) is 12.8 Å². The Morgan fingerprint density at radius 1 is 0.927 bits per heavy atom. The van der Waals surface area contributed by atoms with Crippen LogP contribution in [0.3, 0.4) is 0 Å². The zero-order chi connectivity index (χ0) is 33.6. The molecule has 2 atom stereocenters. The summed E-state index contributed by atoms with van der Waals surface area (Å²) >= 11 is 0. The van der Waals surface area contributed by atoms with E-state index in [1.54, 1.807) is 7.05 Å². The molecule has 0 aliphatic heterocycles. The summed E-state index contributed by atoms with van der Waals surface area (Å²) in [4.78, 5) is 44.6. The molecule has 0 spiro atoms. The number of hydrogen-bond acceptors (Lipinski definition) is 7. The van der Waals surface area contributed by atoms with Crippen molar-refractivity contribution in [1.29, 1.82) is 0 Å². The molecule has 0 heterocycles. The number of primary amides is 1. The molecule has 0 saturated heterocycles. The molecular weight excluding hydrogens is 522 g/mol. The van der Waals surface area contributed by atoms with E-state index in [9.17, 15) is 14.4 Å². The topological polar surface area (TPSA) is 149 Å². The van der Waals surface area contributed by atoms with Crippen molar-refractivity contribution in [3.8, 4) is 0 Å². The molecule has 248 valence electrons. The average molecular weight is 592 g/mol. The van der Waals surface area contributed by atoms with Crippen LogP contribution in [0.1, 0.15) is 123 Å². The fraction of sp³-hybridized carbons (Fsp3) is 0.903. The van der Waals surface area contributed by atoms with E-state index in [4.69, 9.17) is 16.5 Å². The van der Waals surface area contributed by atoms with Gasteiger partial charge < -0.3 is 16.4 Å². The largest absolute Gasteiger partial charge is 0.369 e. The first-order valence-corrected chi connectivity index (χ1v) is 15.2. The van der Waals surface area contributed by atoms with Gasteiger partial charge in [0.15, 0.2) is 0 Å². The highest BCUT2D eigenvalue weighted by atomic mass is 16.7. The van der Waals surface area contributed by atoms with Gasteiger partial charge in [0.25, 0.3) is 0 Å². The first-order chi connectivity index (χ1) is 18.7. The Bertz CT molecular complexity index is 685. The monoisotopic (exact) mass is 592 g/mol. The number of hydroxylamine groups is 2. The average Bonchev–Trinajstić information content (AvgIpc) is 2.82. The zero-order valence-corrected chi connectivity index (χ0v) is 29.6. The van der Waals surface area contributed by atoms with Gasteiger partial charge in [-0.15, -0.1) is 0 Å². The Morgan fingerprint density at radius 2 is 1.41 bits per heavy atom. The number of carbonyl (C=O) groups excluding carboxylic acids is 3. The van der Waals surface area contributed by atoms with Gasteiger partial charge in [0.2, 0.25) is 17.7 Å². The number of nitrogens with two attached hydrogens (primary N) is 2. The lowest BCUT2D eigenvalue weighted by Crippen LogP contribution is -2.49. The third kappa shape index (κ3) is 26.9. The van der Waals surface area contributed by atoms with E-state index in [1.807, 2.05) is 62.3 Å². The van der Waals surface area contributed by atoms with Gasteiger partial charge >= 0.3 is 0 Å². The van der Waals surface area contributed by atoms with Crippen molar-refractivity contribution < 1.29 is 24.1 Å². The van der Waals surface area contributed by atoms with Crippen LogP contribution in [0.2, 0.25) is 0 Å². The minimum absolute atomic E-state index is 0.0185. The number of nitrogens with one attached hydrogen (secondary N) is 2. The molecule has 2 unspecified atom stereocenters. The Hall–Kier alpha value is -1.75. The summed E-state index contributed by atoms with van der Waals surface area (Å²) in [5.41, 5.74) is 5.04. The quantitative estimate of drug-likeness (QED) is 0.156. The van der Waals surface area contributed by atoms with Gasteiger partial charge in [0, 0.05) is 24.4 Å². The number of carbonyl (C=O) groups is 3. The van der Waals surface area contributed by atoms with Crippen molar-refractivity contribution in [1.82, 2.24) is 15.7 Å². The number of rotatable bonds is 14. The van der Waals surface area contributed by atoms with Gasteiger partial charge in [-0.3, -0.25) is 24.1 Å². The van der Waals surface area contributed by atoms with Crippen molar-refractivity contribution in [3.63, 3.8) is 0 Å². The maximum Gasteiger partial charge on any atom is 0.249 e. The molecule has 0 bridgehead atoms. The van der Waals surface area contributed by atoms with Crippen molar-refractivity contribution in [2.24, 2.45) is 40.2 Å². The van der Waals surface area contributed by atoms with Crippen LogP contribution in [0.5, 0.6) is 0 Å². The summed E-state index contributed by atoms with van der Waals surface area (Å²) in [6.45, 7) is 31.1. The Kier molecular flexibility index (Phi) is 26.8. The van der Waals surface area contributed by atoms with Gasteiger partial charge in [-0.2, -0.15) is 5.06 Å². The van der Waals surface area contributed by atoms with E-state index < -0.39 is 0 Å². The van der Waals surface area contributed by atoms with Crippen LogP contribution in [0, 0.1) is 28.6 Å². The highest BCUT2D eigenvalue weighted by molar-refractivity contribution is 5.80. The van der Waals surface area contributed by atoms with Gasteiger partial charge in [-0.25, -0.2) is 5.90 Å². The first kappa shape index (κ1) is 46.2. The lowest BCUT2D eigenvalue weighted by atomic mass is 9.78. The molecule has 0 saturated carbocycles. The Balaban J connectivity index is -0.000000357. The van der Waals surface area contributed by atoms with Gasteiger partial charge in [0.1, 0.15) is 6.61 Å². The smallest absolute Gasteiger partial charge is 0.249 e. The van der Waals surface area contributed by atoms with E-state index in [2.05, 4.69) is 57.0 Å². The predicted molar refractivity (Wildman–Crippen MR) is 171 cm³/mol. The molecule has 0 aromatic heterocycles. The highest BCUT2D eigenvalue weighted by Gasteiger charge is 2.32. The van der Waals surface area contributed by atoms with Gasteiger partial charge in [-0.1, -0.05) is 90.0 Å². The summed E-state index contributed by atoms with van der Waals surface area (Å²) in [7, 11) is 1.71. The van der Waals surface area contributed by atoms with Crippen LogP contribution in [0.25, 0.3) is 0 Å². The summed E-state index contributed by atoms with van der Waals surface area (Å²) < 4.78 is 0. The maximum absolute atomic E-state index is 12.5. The fourth-order valence-corrected chi connectivity index (χ4v) is 3.83. The number of hydrogen-bond donors (Lipinski definition) is 4. The minimum Gasteiger partial charge on any atom is -0.369 e. The summed E-state index contributed by atoms with van der Waals surface area (Å²) in [5.74, 6) is 4.74. The maximum atomic E-state index is 12.5. The molecule has 0 aliphatic rings. The SMILES string of the molecule is CC.CC.CC(C)C(CC(C)(C)C)C(N)=O.CCC(C(=O)NC(C)(C)CCON(C)CNC(=O)CON)C(C)(C)C. The molecule has 10 heteroatoms. The second-order valence-corrected chi connectivity index (χ2v) is 13.0. The van der Waals surface area contributed by atoms with E-state index in [0.29, 0.717) is 18.9 Å². The third-order valence-electron chi connectivity index (χ3n) is 5.99. The van der Waals surface area contributed by atoms with Gasteiger partial charge in [0.05, 0.1) is 13.3 Å². The Labute approximate surface area is 253 Å². The molecule has 3 amide bonds. The summed E-state index contributed by atoms with van der Waals surface area (Å²) in [5, 5.41) is 7.22. The molecule has 10 nitrogen and oxygen atoms in total. The van der Waals surface area contributed by atoms with Gasteiger partial charge in [-0.05, 0) is 49.9 Å². The highest BCUT2D eigenvalue weighted by Crippen LogP contribution is 2.30. The lowest BCUT2D eigenvalue weighted by molar-refractivity contribution is -0.155. The van der Waals surface area contributed by atoms with E-state index >= 15 is 0 Å². The molecule has 0 aliphatic carbocycles. The number of amides is 3. The zero-order valence-electron chi connectivity index (χ0n) is 29.6. The van der Waals surface area contributed by atoms with Crippen LogP contribution in [0.15, 0.2) is 0 Å². The van der Waals surface area contributed by atoms with Crippen LogP contribution in [0.4, 0.5) is 0 Å². The second-order valence-electron chi connectivity index (χ2n) is 13.0. The van der Waals surface area contributed by atoms with Crippen molar-refractivity contribution >= 4 is 17.7 Å².